The van der Waals surface area contributed by atoms with Crippen LogP contribution in [-0.2, 0) is 14.8 Å². The molecule has 8 heteroatoms. The molecule has 2 heterocycles. The molecule has 2 aromatic carbocycles. The molecule has 2 N–H and O–H groups in total. The van der Waals surface area contributed by atoms with Crippen molar-refractivity contribution in [1.82, 2.24) is 4.98 Å². The third kappa shape index (κ3) is 2.84. The number of sulfonamides is 1. The summed E-state index contributed by atoms with van der Waals surface area (Å²) in [6.45, 7) is 1.62. The van der Waals surface area contributed by atoms with E-state index in [9.17, 15) is 13.2 Å². The number of para-hydroxylation sites is 1. The molecule has 0 aliphatic carbocycles. The summed E-state index contributed by atoms with van der Waals surface area (Å²) in [6.07, 6.45) is 0.984. The summed E-state index contributed by atoms with van der Waals surface area (Å²) in [7, 11) is -3.87. The molecule has 1 aliphatic heterocycles. The Kier molecular flexibility index (Phi) is 3.77. The van der Waals surface area contributed by atoms with Crippen molar-refractivity contribution >= 4 is 38.2 Å². The molecule has 0 spiro atoms. The summed E-state index contributed by atoms with van der Waals surface area (Å²) in [6, 6.07) is 13.2. The lowest BCUT2D eigenvalue weighted by molar-refractivity contribution is -0.122. The van der Waals surface area contributed by atoms with E-state index in [0.717, 1.165) is 5.39 Å². The fraction of sp³-hybridized carbons (Fsp3) is 0.111. The molecule has 132 valence electrons. The zero-order valence-electron chi connectivity index (χ0n) is 13.8. The van der Waals surface area contributed by atoms with E-state index in [0.29, 0.717) is 22.6 Å². The van der Waals surface area contributed by atoms with E-state index < -0.39 is 16.1 Å². The molecule has 0 fully saturated rings. The summed E-state index contributed by atoms with van der Waals surface area (Å²) in [4.78, 5) is 16.0. The number of hydrogen-bond acceptors (Lipinski definition) is 5. The Morgan fingerprint density at radius 3 is 2.81 bits per heavy atom. The van der Waals surface area contributed by atoms with Crippen LogP contribution >= 0.6 is 0 Å². The summed E-state index contributed by atoms with van der Waals surface area (Å²) >= 11 is 0. The van der Waals surface area contributed by atoms with Gasteiger partial charge in [-0.15, -0.1) is 0 Å². The van der Waals surface area contributed by atoms with Crippen LogP contribution in [0.4, 0.5) is 11.4 Å². The lowest BCUT2D eigenvalue weighted by Gasteiger charge is -2.23. The number of ether oxygens (including phenoxy) is 1. The zero-order valence-corrected chi connectivity index (χ0v) is 14.6. The molecule has 0 radical (unpaired) electrons. The topological polar surface area (TPSA) is 97.4 Å². The van der Waals surface area contributed by atoms with Crippen LogP contribution in [0.2, 0.25) is 0 Å². The molecule has 3 aromatic rings. The van der Waals surface area contributed by atoms with Gasteiger partial charge in [-0.2, -0.15) is 0 Å². The highest BCUT2D eigenvalue weighted by atomic mass is 32.2. The maximum Gasteiger partial charge on any atom is 0.265 e. The number of nitrogens with zero attached hydrogens (tertiary/aromatic N) is 1. The number of benzene rings is 2. The Morgan fingerprint density at radius 2 is 1.96 bits per heavy atom. The van der Waals surface area contributed by atoms with Gasteiger partial charge in [0.1, 0.15) is 5.75 Å². The minimum atomic E-state index is -3.87. The van der Waals surface area contributed by atoms with Gasteiger partial charge in [0.2, 0.25) is 0 Å². The number of nitrogens with one attached hydrogen (secondary N) is 2. The fourth-order valence-electron chi connectivity index (χ4n) is 2.75. The number of carbonyl (C=O) groups excluding carboxylic acids is 1. The number of rotatable bonds is 3. The second-order valence-corrected chi connectivity index (χ2v) is 7.58. The highest BCUT2D eigenvalue weighted by molar-refractivity contribution is 7.92. The molecule has 0 saturated carbocycles. The average Bonchev–Trinajstić information content (AvgIpc) is 2.62. The molecule has 1 aliphatic rings. The number of aromatic nitrogens is 1. The van der Waals surface area contributed by atoms with Crippen LogP contribution < -0.4 is 14.8 Å². The maximum absolute atomic E-state index is 12.8. The monoisotopic (exact) mass is 369 g/mol. The van der Waals surface area contributed by atoms with Crippen LogP contribution in [0.3, 0.4) is 0 Å². The maximum atomic E-state index is 12.8. The van der Waals surface area contributed by atoms with E-state index in [1.165, 1.54) is 18.2 Å². The minimum Gasteiger partial charge on any atom is -0.479 e. The quantitative estimate of drug-likeness (QED) is 0.740. The number of anilines is 2. The molecule has 1 aromatic heterocycles. The Bertz CT molecular complexity index is 1120. The summed E-state index contributed by atoms with van der Waals surface area (Å²) in [5.41, 5.74) is 1.27. The first-order chi connectivity index (χ1) is 12.4. The molecule has 7 nitrogen and oxygen atoms in total. The van der Waals surface area contributed by atoms with E-state index in [2.05, 4.69) is 15.0 Å². The van der Waals surface area contributed by atoms with Crippen LogP contribution in [0.1, 0.15) is 6.92 Å². The third-order valence-electron chi connectivity index (χ3n) is 4.07. The highest BCUT2D eigenvalue weighted by Gasteiger charge is 2.25. The van der Waals surface area contributed by atoms with Crippen molar-refractivity contribution in [2.24, 2.45) is 0 Å². The highest BCUT2D eigenvalue weighted by Crippen LogP contribution is 2.32. The second kappa shape index (κ2) is 5.99. The van der Waals surface area contributed by atoms with Crippen LogP contribution in [0.15, 0.2) is 59.6 Å². The molecule has 0 saturated heterocycles. The number of pyridine rings is 1. The van der Waals surface area contributed by atoms with Crippen molar-refractivity contribution < 1.29 is 17.9 Å². The van der Waals surface area contributed by atoms with Gasteiger partial charge in [-0.25, -0.2) is 8.42 Å². The number of fused-ring (bicyclic) bond motifs is 2. The van der Waals surface area contributed by atoms with Crippen LogP contribution in [0, 0.1) is 0 Å². The first-order valence-electron chi connectivity index (χ1n) is 7.92. The standard InChI is InChI=1S/C18H15N3O4S/c1-11-18(22)20-15-10-13(7-8-16(15)25-11)26(23,24)21-14-6-2-4-12-5-3-9-19-17(12)14/h2-11,21H,1H3,(H,20,22). The SMILES string of the molecule is CC1Oc2ccc(S(=O)(=O)Nc3cccc4cccnc34)cc2NC1=O. The van der Waals surface area contributed by atoms with Crippen LogP contribution in [0.5, 0.6) is 5.75 Å². The summed E-state index contributed by atoms with van der Waals surface area (Å²) in [5, 5.41) is 3.47. The van der Waals surface area contributed by atoms with E-state index in [1.807, 2.05) is 12.1 Å². The van der Waals surface area contributed by atoms with Gasteiger partial charge in [0.15, 0.2) is 6.10 Å². The van der Waals surface area contributed by atoms with Gasteiger partial charge in [0, 0.05) is 11.6 Å². The second-order valence-electron chi connectivity index (χ2n) is 5.89. The molecular formula is C18H15N3O4S. The predicted molar refractivity (Wildman–Crippen MR) is 97.7 cm³/mol. The Balaban J connectivity index is 1.71. The molecule has 1 atom stereocenters. The minimum absolute atomic E-state index is 0.0163. The normalized spacial score (nSPS) is 16.5. The fourth-order valence-corrected chi connectivity index (χ4v) is 3.84. The van der Waals surface area contributed by atoms with E-state index in [-0.39, 0.29) is 10.8 Å². The number of amides is 1. The smallest absolute Gasteiger partial charge is 0.265 e. The van der Waals surface area contributed by atoms with Crippen molar-refractivity contribution in [3.63, 3.8) is 0 Å². The van der Waals surface area contributed by atoms with E-state index in [4.69, 9.17) is 4.74 Å². The summed E-state index contributed by atoms with van der Waals surface area (Å²) < 4.78 is 33.6. The van der Waals surface area contributed by atoms with Crippen LogP contribution in [0.25, 0.3) is 10.9 Å². The van der Waals surface area contributed by atoms with Crippen molar-refractivity contribution in [3.05, 3.63) is 54.7 Å². The van der Waals surface area contributed by atoms with Crippen molar-refractivity contribution in [2.75, 3.05) is 10.0 Å². The number of hydrogen-bond donors (Lipinski definition) is 2. The zero-order chi connectivity index (χ0) is 18.3. The third-order valence-corrected chi connectivity index (χ3v) is 5.43. The molecule has 1 unspecified atom stereocenters. The largest absolute Gasteiger partial charge is 0.479 e. The van der Waals surface area contributed by atoms with E-state index in [1.54, 1.807) is 31.3 Å². The molecular weight excluding hydrogens is 354 g/mol. The van der Waals surface area contributed by atoms with Gasteiger partial charge in [0.05, 0.1) is 21.8 Å². The molecule has 0 bridgehead atoms. The van der Waals surface area contributed by atoms with Gasteiger partial charge >= 0.3 is 0 Å². The van der Waals surface area contributed by atoms with Gasteiger partial charge in [-0.1, -0.05) is 18.2 Å². The van der Waals surface area contributed by atoms with Crippen molar-refractivity contribution in [1.29, 1.82) is 0 Å². The van der Waals surface area contributed by atoms with Gasteiger partial charge in [0.25, 0.3) is 15.9 Å². The van der Waals surface area contributed by atoms with E-state index >= 15 is 0 Å². The average molecular weight is 369 g/mol. The van der Waals surface area contributed by atoms with Gasteiger partial charge < -0.3 is 10.1 Å². The van der Waals surface area contributed by atoms with Crippen molar-refractivity contribution in [3.8, 4) is 5.75 Å². The predicted octanol–water partition coefficient (Wildman–Crippen LogP) is 2.75. The summed E-state index contributed by atoms with van der Waals surface area (Å²) in [5.74, 6) is 0.112. The first-order valence-corrected chi connectivity index (χ1v) is 9.40. The Hall–Kier alpha value is -3.13. The molecule has 1 amide bonds. The Labute approximate surface area is 150 Å². The van der Waals surface area contributed by atoms with Crippen molar-refractivity contribution in [2.45, 2.75) is 17.9 Å². The lowest BCUT2D eigenvalue weighted by Crippen LogP contribution is -2.34. The first kappa shape index (κ1) is 16.3. The number of carbonyl (C=O) groups is 1. The van der Waals surface area contributed by atoms with Crippen LogP contribution in [-0.4, -0.2) is 25.4 Å². The molecule has 26 heavy (non-hydrogen) atoms. The Morgan fingerprint density at radius 1 is 1.15 bits per heavy atom. The van der Waals surface area contributed by atoms with Gasteiger partial charge in [-0.05, 0) is 37.3 Å². The van der Waals surface area contributed by atoms with Gasteiger partial charge in [-0.3, -0.25) is 14.5 Å². The molecule has 4 rings (SSSR count). The lowest BCUT2D eigenvalue weighted by atomic mass is 10.2.